The molecule has 0 atom stereocenters. The summed E-state index contributed by atoms with van der Waals surface area (Å²) in [5, 5.41) is 0.480. The summed E-state index contributed by atoms with van der Waals surface area (Å²) in [5.41, 5.74) is 0.640. The lowest BCUT2D eigenvalue weighted by Gasteiger charge is -2.24. The first-order valence-corrected chi connectivity index (χ1v) is 10.7. The Labute approximate surface area is 179 Å². The van der Waals surface area contributed by atoms with Crippen LogP contribution in [-0.2, 0) is 0 Å². The van der Waals surface area contributed by atoms with E-state index in [-0.39, 0.29) is 5.56 Å². The molecular formula is C22H26FN3O3S. The van der Waals surface area contributed by atoms with Crippen LogP contribution in [0.4, 0.5) is 9.52 Å². The van der Waals surface area contributed by atoms with Gasteiger partial charge in [-0.2, -0.15) is 0 Å². The van der Waals surface area contributed by atoms with Crippen LogP contribution < -0.4 is 14.4 Å². The molecule has 1 amide bonds. The van der Waals surface area contributed by atoms with Crippen LogP contribution in [-0.4, -0.2) is 56.2 Å². The zero-order chi connectivity index (χ0) is 21.7. The Kier molecular flexibility index (Phi) is 7.23. The minimum Gasteiger partial charge on any atom is -0.495 e. The number of thiazole rings is 1. The van der Waals surface area contributed by atoms with Gasteiger partial charge in [0.05, 0.1) is 19.8 Å². The molecule has 6 nitrogen and oxygen atoms in total. The number of aromatic nitrogens is 1. The average Bonchev–Trinajstić information content (AvgIpc) is 3.21. The number of ether oxygens (including phenoxy) is 2. The lowest BCUT2D eigenvalue weighted by Crippen LogP contribution is -2.39. The maximum absolute atomic E-state index is 14.4. The van der Waals surface area contributed by atoms with E-state index in [2.05, 4.69) is 23.7 Å². The van der Waals surface area contributed by atoms with Crippen LogP contribution in [0.5, 0.6) is 11.5 Å². The number of likely N-dealkylation sites (N-methyl/N-ethyl adjacent to an activating group) is 1. The maximum Gasteiger partial charge on any atom is 0.263 e. The molecule has 1 aromatic heterocycles. The van der Waals surface area contributed by atoms with Crippen molar-refractivity contribution >= 4 is 32.6 Å². The van der Waals surface area contributed by atoms with Gasteiger partial charge in [-0.05, 0) is 37.4 Å². The fourth-order valence-electron chi connectivity index (χ4n) is 3.24. The number of anilines is 1. The van der Waals surface area contributed by atoms with Crippen molar-refractivity contribution in [1.29, 1.82) is 0 Å². The minimum absolute atomic E-state index is 0.0234. The van der Waals surface area contributed by atoms with Gasteiger partial charge in [0.15, 0.2) is 5.13 Å². The second-order valence-electron chi connectivity index (χ2n) is 6.61. The van der Waals surface area contributed by atoms with Gasteiger partial charge in [-0.3, -0.25) is 9.69 Å². The Bertz CT molecular complexity index is 979. The highest BCUT2D eigenvalue weighted by Gasteiger charge is 2.25. The van der Waals surface area contributed by atoms with E-state index in [0.29, 0.717) is 35.2 Å². The molecule has 0 bridgehead atoms. The standard InChI is InChI=1S/C22H26FN3O3S/c1-5-25(6-2)13-14-26(21(27)15-9-7-8-10-16(15)23)22-24-19-17(28-3)11-12-18(29-4)20(19)30-22/h7-12H,5-6,13-14H2,1-4H3. The molecule has 0 saturated carbocycles. The number of hydrogen-bond donors (Lipinski definition) is 0. The first kappa shape index (κ1) is 22.0. The fourth-order valence-corrected chi connectivity index (χ4v) is 4.33. The summed E-state index contributed by atoms with van der Waals surface area (Å²) in [4.78, 5) is 21.7. The highest BCUT2D eigenvalue weighted by molar-refractivity contribution is 7.22. The van der Waals surface area contributed by atoms with Crippen LogP contribution in [0.2, 0.25) is 0 Å². The predicted molar refractivity (Wildman–Crippen MR) is 119 cm³/mol. The van der Waals surface area contributed by atoms with E-state index in [1.807, 2.05) is 6.07 Å². The SMILES string of the molecule is CCN(CC)CCN(C(=O)c1ccccc1F)c1nc2c(OC)ccc(OC)c2s1. The highest BCUT2D eigenvalue weighted by Crippen LogP contribution is 2.40. The Morgan fingerprint density at radius 2 is 1.70 bits per heavy atom. The molecule has 160 valence electrons. The smallest absolute Gasteiger partial charge is 0.263 e. The molecule has 0 unspecified atom stereocenters. The van der Waals surface area contributed by atoms with E-state index in [1.165, 1.54) is 23.5 Å². The van der Waals surface area contributed by atoms with Crippen molar-refractivity contribution in [3.05, 3.63) is 47.8 Å². The molecule has 0 aliphatic heterocycles. The Hall–Kier alpha value is -2.71. The van der Waals surface area contributed by atoms with Crippen molar-refractivity contribution in [1.82, 2.24) is 9.88 Å². The van der Waals surface area contributed by atoms with Crippen LogP contribution in [0.15, 0.2) is 36.4 Å². The van der Waals surface area contributed by atoms with Gasteiger partial charge in [-0.25, -0.2) is 9.37 Å². The molecule has 30 heavy (non-hydrogen) atoms. The molecule has 3 rings (SSSR count). The molecular weight excluding hydrogens is 405 g/mol. The third kappa shape index (κ3) is 4.39. The Morgan fingerprint density at radius 3 is 2.33 bits per heavy atom. The van der Waals surface area contributed by atoms with Gasteiger partial charge in [0.2, 0.25) is 0 Å². The lowest BCUT2D eigenvalue weighted by molar-refractivity contribution is 0.0980. The van der Waals surface area contributed by atoms with Crippen molar-refractivity contribution < 1.29 is 18.7 Å². The molecule has 0 N–H and O–H groups in total. The zero-order valence-corrected chi connectivity index (χ0v) is 18.5. The van der Waals surface area contributed by atoms with E-state index in [9.17, 15) is 9.18 Å². The number of nitrogens with zero attached hydrogens (tertiary/aromatic N) is 3. The zero-order valence-electron chi connectivity index (χ0n) is 17.6. The molecule has 0 fully saturated rings. The van der Waals surface area contributed by atoms with Gasteiger partial charge in [-0.15, -0.1) is 0 Å². The number of benzene rings is 2. The van der Waals surface area contributed by atoms with Crippen LogP contribution in [0.3, 0.4) is 0 Å². The molecule has 3 aromatic rings. The summed E-state index contributed by atoms with van der Waals surface area (Å²) in [6, 6.07) is 9.60. The van der Waals surface area contributed by atoms with E-state index in [4.69, 9.17) is 9.47 Å². The summed E-state index contributed by atoms with van der Waals surface area (Å²) in [7, 11) is 3.16. The van der Waals surface area contributed by atoms with Gasteiger partial charge in [-0.1, -0.05) is 37.3 Å². The van der Waals surface area contributed by atoms with Gasteiger partial charge in [0.25, 0.3) is 5.91 Å². The first-order chi connectivity index (χ1) is 14.5. The third-order valence-electron chi connectivity index (χ3n) is 5.01. The van der Waals surface area contributed by atoms with Crippen molar-refractivity contribution in [2.24, 2.45) is 0 Å². The molecule has 0 radical (unpaired) electrons. The second kappa shape index (κ2) is 9.86. The van der Waals surface area contributed by atoms with Crippen LogP contribution in [0, 0.1) is 5.82 Å². The van der Waals surface area contributed by atoms with Crippen LogP contribution >= 0.6 is 11.3 Å². The number of rotatable bonds is 9. The minimum atomic E-state index is -0.549. The van der Waals surface area contributed by atoms with Crippen molar-refractivity contribution in [2.45, 2.75) is 13.8 Å². The predicted octanol–water partition coefficient (Wildman–Crippen LogP) is 4.44. The Morgan fingerprint density at radius 1 is 1.03 bits per heavy atom. The van der Waals surface area contributed by atoms with Gasteiger partial charge in [0, 0.05) is 13.1 Å². The number of carbonyl (C=O) groups is 1. The van der Waals surface area contributed by atoms with Crippen molar-refractivity contribution in [3.8, 4) is 11.5 Å². The summed E-state index contributed by atoms with van der Waals surface area (Å²) in [6.45, 7) is 6.90. The number of methoxy groups -OCH3 is 2. The van der Waals surface area contributed by atoms with Crippen LogP contribution in [0.1, 0.15) is 24.2 Å². The summed E-state index contributed by atoms with van der Waals surface area (Å²) >= 11 is 1.33. The molecule has 8 heteroatoms. The molecule has 2 aromatic carbocycles. The third-order valence-corrected chi connectivity index (χ3v) is 6.11. The normalized spacial score (nSPS) is 11.1. The average molecular weight is 432 g/mol. The summed E-state index contributed by atoms with van der Waals surface area (Å²) in [6.07, 6.45) is 0. The molecule has 0 aliphatic carbocycles. The van der Waals surface area contributed by atoms with Gasteiger partial charge < -0.3 is 14.4 Å². The molecule has 0 spiro atoms. The molecule has 1 heterocycles. The maximum atomic E-state index is 14.4. The summed E-state index contributed by atoms with van der Waals surface area (Å²) < 4.78 is 26.0. The fraction of sp³-hybridized carbons (Fsp3) is 0.364. The highest BCUT2D eigenvalue weighted by atomic mass is 32.1. The van der Waals surface area contributed by atoms with Gasteiger partial charge >= 0.3 is 0 Å². The number of hydrogen-bond acceptors (Lipinski definition) is 6. The first-order valence-electron chi connectivity index (χ1n) is 9.84. The Balaban J connectivity index is 2.07. The second-order valence-corrected chi connectivity index (χ2v) is 7.59. The van der Waals surface area contributed by atoms with E-state index in [1.54, 1.807) is 37.3 Å². The van der Waals surface area contributed by atoms with Crippen molar-refractivity contribution in [2.75, 3.05) is 45.3 Å². The number of carbonyl (C=O) groups excluding carboxylic acids is 1. The largest absolute Gasteiger partial charge is 0.495 e. The van der Waals surface area contributed by atoms with Crippen LogP contribution in [0.25, 0.3) is 10.2 Å². The number of halogens is 1. The topological polar surface area (TPSA) is 54.9 Å². The number of fused-ring (bicyclic) bond motifs is 1. The lowest BCUT2D eigenvalue weighted by atomic mass is 10.2. The van der Waals surface area contributed by atoms with Crippen molar-refractivity contribution in [3.63, 3.8) is 0 Å². The van der Waals surface area contributed by atoms with E-state index in [0.717, 1.165) is 17.8 Å². The number of amides is 1. The van der Waals surface area contributed by atoms with Gasteiger partial charge in [0.1, 0.15) is 27.5 Å². The molecule has 0 aliphatic rings. The quantitative estimate of drug-likeness (QED) is 0.501. The van der Waals surface area contributed by atoms with E-state index >= 15 is 0 Å². The van der Waals surface area contributed by atoms with E-state index < -0.39 is 11.7 Å². The molecule has 0 saturated heterocycles. The summed E-state index contributed by atoms with van der Waals surface area (Å²) in [5.74, 6) is 0.274. The monoisotopic (exact) mass is 431 g/mol.